The van der Waals surface area contributed by atoms with Crippen LogP contribution >= 0.6 is 15.6 Å². The minimum Gasteiger partial charge on any atom is -0.462 e. The second kappa shape index (κ2) is 51.2. The van der Waals surface area contributed by atoms with Crippen LogP contribution in [-0.2, 0) is 65.4 Å². The van der Waals surface area contributed by atoms with Crippen molar-refractivity contribution in [3.63, 3.8) is 0 Å². The van der Waals surface area contributed by atoms with Crippen molar-refractivity contribution in [3.8, 4) is 0 Å². The van der Waals surface area contributed by atoms with Gasteiger partial charge in [0, 0.05) is 25.7 Å². The van der Waals surface area contributed by atoms with Gasteiger partial charge in [0.05, 0.1) is 26.4 Å². The largest absolute Gasteiger partial charge is 0.472 e. The summed E-state index contributed by atoms with van der Waals surface area (Å²) in [6.45, 7) is 7.00. The van der Waals surface area contributed by atoms with Crippen molar-refractivity contribution in [3.05, 3.63) is 0 Å². The molecular formula is C57H110O17P2. The first-order valence-electron chi connectivity index (χ1n) is 30.1. The van der Waals surface area contributed by atoms with Gasteiger partial charge in [0.15, 0.2) is 12.2 Å². The van der Waals surface area contributed by atoms with Gasteiger partial charge in [-0.25, -0.2) is 9.13 Å². The highest BCUT2D eigenvalue weighted by Gasteiger charge is 2.30. The third kappa shape index (κ3) is 51.5. The average molecular weight is 1130 g/mol. The normalized spacial score (nSPS) is 14.4. The maximum absolute atomic E-state index is 12.9. The smallest absolute Gasteiger partial charge is 0.462 e. The highest BCUT2D eigenvalue weighted by atomic mass is 31.2. The molecule has 0 aromatic rings. The van der Waals surface area contributed by atoms with Gasteiger partial charge in [0.1, 0.15) is 19.3 Å². The second-order valence-electron chi connectivity index (χ2n) is 21.2. The Morgan fingerprint density at radius 3 is 0.895 bits per heavy atom. The fourth-order valence-corrected chi connectivity index (χ4v) is 9.92. The maximum atomic E-state index is 12.9. The molecule has 0 saturated heterocycles. The molecule has 19 heteroatoms. The lowest BCUT2D eigenvalue weighted by Crippen LogP contribution is -2.30. The van der Waals surface area contributed by atoms with E-state index in [0.717, 1.165) is 103 Å². The number of aliphatic hydroxyl groups excluding tert-OH is 1. The first kappa shape index (κ1) is 74.1. The molecule has 2 unspecified atom stereocenters. The van der Waals surface area contributed by atoms with Gasteiger partial charge in [-0.1, -0.05) is 227 Å². The number of carbonyl (C=O) groups is 4. The molecule has 17 nitrogen and oxygen atoms in total. The van der Waals surface area contributed by atoms with E-state index < -0.39 is 97.5 Å². The van der Waals surface area contributed by atoms with E-state index in [2.05, 4.69) is 34.6 Å². The minimum atomic E-state index is -4.93. The monoisotopic (exact) mass is 1130 g/mol. The number of hydrogen-bond acceptors (Lipinski definition) is 15. The summed E-state index contributed by atoms with van der Waals surface area (Å²) in [7, 11) is -9.86. The Morgan fingerprint density at radius 1 is 0.355 bits per heavy atom. The molecule has 0 fully saturated rings. The van der Waals surface area contributed by atoms with E-state index in [1.807, 2.05) is 0 Å². The Morgan fingerprint density at radius 2 is 0.605 bits per heavy atom. The molecule has 0 aromatic carbocycles. The quantitative estimate of drug-likeness (QED) is 0.0222. The lowest BCUT2D eigenvalue weighted by molar-refractivity contribution is -0.161. The van der Waals surface area contributed by atoms with Crippen LogP contribution in [-0.4, -0.2) is 96.7 Å². The molecular weight excluding hydrogens is 1020 g/mol. The van der Waals surface area contributed by atoms with Crippen molar-refractivity contribution in [1.29, 1.82) is 0 Å². The molecule has 450 valence electrons. The number of phosphoric ester groups is 2. The number of aliphatic hydroxyl groups is 1. The van der Waals surface area contributed by atoms with Crippen LogP contribution in [0.5, 0.6) is 0 Å². The fraction of sp³-hybridized carbons (Fsp3) is 0.930. The van der Waals surface area contributed by atoms with E-state index in [0.29, 0.717) is 31.6 Å². The van der Waals surface area contributed by atoms with Crippen LogP contribution in [0.2, 0.25) is 0 Å². The van der Waals surface area contributed by atoms with E-state index in [4.69, 9.17) is 37.0 Å². The van der Waals surface area contributed by atoms with Gasteiger partial charge in [-0.15, -0.1) is 0 Å². The van der Waals surface area contributed by atoms with Gasteiger partial charge in [0.2, 0.25) is 0 Å². The molecule has 0 heterocycles. The highest BCUT2D eigenvalue weighted by molar-refractivity contribution is 7.47. The van der Waals surface area contributed by atoms with Gasteiger partial charge in [0.25, 0.3) is 0 Å². The number of rotatable bonds is 57. The molecule has 0 radical (unpaired) electrons. The number of esters is 4. The van der Waals surface area contributed by atoms with E-state index >= 15 is 0 Å². The lowest BCUT2D eigenvalue weighted by Gasteiger charge is -2.21. The van der Waals surface area contributed by atoms with Gasteiger partial charge >= 0.3 is 39.5 Å². The predicted molar refractivity (Wildman–Crippen MR) is 298 cm³/mol. The van der Waals surface area contributed by atoms with Gasteiger partial charge in [-0.05, 0) is 31.6 Å². The third-order valence-electron chi connectivity index (χ3n) is 13.0. The van der Waals surface area contributed by atoms with Crippen LogP contribution in [0.3, 0.4) is 0 Å². The number of phosphoric acid groups is 2. The van der Waals surface area contributed by atoms with Gasteiger partial charge < -0.3 is 33.8 Å². The van der Waals surface area contributed by atoms with Crippen molar-refractivity contribution in [1.82, 2.24) is 0 Å². The molecule has 0 aliphatic rings. The number of ether oxygens (including phenoxy) is 4. The Labute approximate surface area is 460 Å². The van der Waals surface area contributed by atoms with E-state index in [9.17, 15) is 43.2 Å². The first-order valence-corrected chi connectivity index (χ1v) is 33.1. The Balaban J connectivity index is 5.22. The van der Waals surface area contributed by atoms with E-state index in [-0.39, 0.29) is 25.7 Å². The maximum Gasteiger partial charge on any atom is 0.472 e. The zero-order chi connectivity index (χ0) is 56.4. The molecule has 5 atom stereocenters. The lowest BCUT2D eigenvalue weighted by atomic mass is 10.0. The number of carbonyl (C=O) groups excluding carboxylic acids is 4. The zero-order valence-corrected chi connectivity index (χ0v) is 50.2. The SMILES string of the molecule is CCCCCCCCCCCCC(=O)O[C@H](COC(=O)CCCCCCCCC(C)C)COP(=O)(O)OC[C@@H](O)COP(=O)(O)OC[C@@H](COC(=O)CCCCCCCCCC)OC(=O)CCCCCCCCCCC. The molecule has 0 saturated carbocycles. The summed E-state index contributed by atoms with van der Waals surface area (Å²) < 4.78 is 67.5. The minimum absolute atomic E-state index is 0.105. The zero-order valence-electron chi connectivity index (χ0n) is 48.4. The summed E-state index contributed by atoms with van der Waals surface area (Å²) in [5, 5.41) is 10.5. The molecule has 0 aromatic heterocycles. The number of hydrogen-bond donors (Lipinski definition) is 3. The molecule has 0 rings (SSSR count). The van der Waals surface area contributed by atoms with Crippen LogP contribution in [0, 0.1) is 5.92 Å². The van der Waals surface area contributed by atoms with Crippen LogP contribution < -0.4 is 0 Å². The second-order valence-corrected chi connectivity index (χ2v) is 24.1. The summed E-state index contributed by atoms with van der Waals surface area (Å²) in [5.74, 6) is -1.47. The van der Waals surface area contributed by atoms with Crippen LogP contribution in [0.4, 0.5) is 0 Å². The highest BCUT2D eigenvalue weighted by Crippen LogP contribution is 2.45. The molecule has 0 aliphatic carbocycles. The summed E-state index contributed by atoms with van der Waals surface area (Å²) in [4.78, 5) is 71.7. The van der Waals surface area contributed by atoms with Crippen molar-refractivity contribution < 1.29 is 80.2 Å². The molecule has 3 N–H and O–H groups in total. The Bertz CT molecular complexity index is 1500. The summed E-state index contributed by atoms with van der Waals surface area (Å²) in [6, 6.07) is 0. The van der Waals surface area contributed by atoms with Crippen LogP contribution in [0.25, 0.3) is 0 Å². The Hall–Kier alpha value is -1.94. The van der Waals surface area contributed by atoms with Crippen molar-refractivity contribution in [2.24, 2.45) is 5.92 Å². The summed E-state index contributed by atoms with van der Waals surface area (Å²) in [5.41, 5.74) is 0. The van der Waals surface area contributed by atoms with Crippen molar-refractivity contribution in [2.45, 2.75) is 297 Å². The van der Waals surface area contributed by atoms with Crippen LogP contribution in [0.15, 0.2) is 0 Å². The standard InChI is InChI=1S/C57H110O17P2/c1-6-9-12-15-18-21-23-26-33-38-43-57(62)74-53(47-68-55(60)41-36-31-28-27-29-34-39-50(4)5)49-72-76(65,66)70-45-51(58)44-69-75(63,64)71-48-52(46-67-54(59)40-35-30-24-20-17-14-11-8-3)73-56(61)42-37-32-25-22-19-16-13-10-7-2/h50-53,58H,6-49H2,1-5H3,(H,63,64)(H,65,66)/t51-,52+,53+/m0/s1. The summed E-state index contributed by atoms with van der Waals surface area (Å²) in [6.07, 6.45) is 32.2. The molecule has 0 amide bonds. The molecule has 0 aliphatic heterocycles. The third-order valence-corrected chi connectivity index (χ3v) is 14.9. The fourth-order valence-electron chi connectivity index (χ4n) is 8.34. The van der Waals surface area contributed by atoms with Crippen molar-refractivity contribution >= 4 is 39.5 Å². The number of unbranched alkanes of at least 4 members (excludes halogenated alkanes) is 29. The predicted octanol–water partition coefficient (Wildman–Crippen LogP) is 15.1. The van der Waals surface area contributed by atoms with Crippen LogP contribution in [0.1, 0.15) is 279 Å². The van der Waals surface area contributed by atoms with E-state index in [1.165, 1.54) is 89.9 Å². The average Bonchev–Trinajstić information content (AvgIpc) is 3.38. The first-order chi connectivity index (χ1) is 36.5. The van der Waals surface area contributed by atoms with Gasteiger partial charge in [-0.3, -0.25) is 37.3 Å². The topological polar surface area (TPSA) is 237 Å². The molecule has 0 bridgehead atoms. The summed E-state index contributed by atoms with van der Waals surface area (Å²) >= 11 is 0. The van der Waals surface area contributed by atoms with E-state index in [1.54, 1.807) is 0 Å². The van der Waals surface area contributed by atoms with Crippen molar-refractivity contribution in [2.75, 3.05) is 39.6 Å². The molecule has 0 spiro atoms. The van der Waals surface area contributed by atoms with Gasteiger partial charge in [-0.2, -0.15) is 0 Å². The Kier molecular flexibility index (Phi) is 49.9. The molecule has 76 heavy (non-hydrogen) atoms.